The van der Waals surface area contributed by atoms with E-state index in [0.29, 0.717) is 11.4 Å². The summed E-state index contributed by atoms with van der Waals surface area (Å²) in [6.07, 6.45) is 2.36. The second-order valence-corrected chi connectivity index (χ2v) is 5.71. The number of aromatic nitrogens is 2. The molecule has 1 aromatic rings. The van der Waals surface area contributed by atoms with Crippen molar-refractivity contribution in [3.05, 3.63) is 16.9 Å². The van der Waals surface area contributed by atoms with Crippen molar-refractivity contribution in [2.75, 3.05) is 7.11 Å². The molecular formula is C12H23ClN4O. The summed E-state index contributed by atoms with van der Waals surface area (Å²) in [5.74, 6) is 5.66. The average molecular weight is 275 g/mol. The van der Waals surface area contributed by atoms with Gasteiger partial charge in [0.1, 0.15) is 0 Å². The molecule has 5 nitrogen and oxygen atoms in total. The molecule has 0 spiro atoms. The highest BCUT2D eigenvalue weighted by molar-refractivity contribution is 6.31. The fraction of sp³-hybridized carbons (Fsp3) is 0.750. The second kappa shape index (κ2) is 6.02. The summed E-state index contributed by atoms with van der Waals surface area (Å²) in [6.45, 7) is 8.15. The van der Waals surface area contributed by atoms with Gasteiger partial charge < -0.3 is 4.74 Å². The number of halogens is 1. The SMILES string of the molecule is COC(C)(C)CC(NN)c1c(Cl)cnn1C(C)C. The van der Waals surface area contributed by atoms with E-state index in [1.807, 2.05) is 18.5 Å². The van der Waals surface area contributed by atoms with Crippen molar-refractivity contribution in [2.45, 2.75) is 51.8 Å². The highest BCUT2D eigenvalue weighted by Crippen LogP contribution is 2.31. The van der Waals surface area contributed by atoms with Gasteiger partial charge in [-0.3, -0.25) is 16.0 Å². The third-order valence-corrected chi connectivity index (χ3v) is 3.35. The first kappa shape index (κ1) is 15.4. The van der Waals surface area contributed by atoms with Crippen LogP contribution < -0.4 is 11.3 Å². The lowest BCUT2D eigenvalue weighted by atomic mass is 9.97. The van der Waals surface area contributed by atoms with Crippen molar-refractivity contribution in [3.63, 3.8) is 0 Å². The maximum atomic E-state index is 6.21. The second-order valence-electron chi connectivity index (χ2n) is 5.30. The van der Waals surface area contributed by atoms with Gasteiger partial charge in [0.25, 0.3) is 0 Å². The topological polar surface area (TPSA) is 65.1 Å². The van der Waals surface area contributed by atoms with Gasteiger partial charge in [-0.1, -0.05) is 11.6 Å². The van der Waals surface area contributed by atoms with Gasteiger partial charge in [-0.2, -0.15) is 5.10 Å². The normalized spacial score (nSPS) is 14.2. The number of nitrogens with two attached hydrogens (primary N) is 1. The Balaban J connectivity index is 3.05. The molecule has 0 bridgehead atoms. The van der Waals surface area contributed by atoms with Crippen LogP contribution in [-0.2, 0) is 4.74 Å². The van der Waals surface area contributed by atoms with Crippen LogP contribution in [-0.4, -0.2) is 22.5 Å². The van der Waals surface area contributed by atoms with Gasteiger partial charge >= 0.3 is 0 Å². The van der Waals surface area contributed by atoms with Crippen LogP contribution in [0.15, 0.2) is 6.20 Å². The summed E-state index contributed by atoms with van der Waals surface area (Å²) < 4.78 is 7.33. The van der Waals surface area contributed by atoms with Crippen molar-refractivity contribution in [1.29, 1.82) is 0 Å². The molecule has 1 rings (SSSR count). The standard InChI is InChI=1S/C12H23ClN4O/c1-8(2)17-11(9(13)7-15-17)10(16-14)6-12(3,4)18-5/h7-8,10,16H,6,14H2,1-5H3. The summed E-state index contributed by atoms with van der Waals surface area (Å²) >= 11 is 6.21. The molecule has 0 amide bonds. The third-order valence-electron chi connectivity index (χ3n) is 3.06. The minimum atomic E-state index is -0.285. The van der Waals surface area contributed by atoms with Crippen LogP contribution in [0.3, 0.4) is 0 Å². The lowest BCUT2D eigenvalue weighted by Crippen LogP contribution is -2.37. The zero-order chi connectivity index (χ0) is 13.9. The number of ether oxygens (including phenoxy) is 1. The molecule has 18 heavy (non-hydrogen) atoms. The smallest absolute Gasteiger partial charge is 0.0834 e. The van der Waals surface area contributed by atoms with E-state index in [1.165, 1.54) is 0 Å². The number of nitrogens with zero attached hydrogens (tertiary/aromatic N) is 2. The lowest BCUT2D eigenvalue weighted by molar-refractivity contribution is 0.00601. The first-order chi connectivity index (χ1) is 8.32. The number of hydrazine groups is 1. The van der Waals surface area contributed by atoms with Gasteiger partial charge in [-0.25, -0.2) is 0 Å². The van der Waals surface area contributed by atoms with E-state index in [4.69, 9.17) is 22.2 Å². The Hall–Kier alpha value is -0.620. The number of nitrogens with one attached hydrogen (secondary N) is 1. The Bertz CT molecular complexity index is 389. The molecule has 0 aromatic carbocycles. The maximum Gasteiger partial charge on any atom is 0.0834 e. The van der Waals surface area contributed by atoms with E-state index in [9.17, 15) is 0 Å². The van der Waals surface area contributed by atoms with Crippen LogP contribution >= 0.6 is 11.6 Å². The van der Waals surface area contributed by atoms with E-state index in [1.54, 1.807) is 13.3 Å². The minimum Gasteiger partial charge on any atom is -0.379 e. The first-order valence-corrected chi connectivity index (χ1v) is 6.44. The molecule has 0 fully saturated rings. The van der Waals surface area contributed by atoms with Crippen molar-refractivity contribution in [1.82, 2.24) is 15.2 Å². The Labute approximate surface area is 114 Å². The lowest BCUT2D eigenvalue weighted by Gasteiger charge is -2.29. The van der Waals surface area contributed by atoms with E-state index >= 15 is 0 Å². The highest BCUT2D eigenvalue weighted by Gasteiger charge is 2.28. The van der Waals surface area contributed by atoms with Crippen molar-refractivity contribution in [2.24, 2.45) is 5.84 Å². The average Bonchev–Trinajstić information content (AvgIpc) is 2.68. The summed E-state index contributed by atoms with van der Waals surface area (Å²) in [5, 5.41) is 4.91. The molecule has 1 atom stereocenters. The van der Waals surface area contributed by atoms with Crippen LogP contribution in [0.2, 0.25) is 5.02 Å². The predicted molar refractivity (Wildman–Crippen MR) is 73.4 cm³/mol. The Morgan fingerprint density at radius 1 is 1.56 bits per heavy atom. The number of hydrogen-bond donors (Lipinski definition) is 2. The number of methoxy groups -OCH3 is 1. The first-order valence-electron chi connectivity index (χ1n) is 6.06. The molecule has 1 heterocycles. The van der Waals surface area contributed by atoms with Gasteiger partial charge in [0.15, 0.2) is 0 Å². The van der Waals surface area contributed by atoms with Crippen molar-refractivity contribution >= 4 is 11.6 Å². The van der Waals surface area contributed by atoms with Crippen LogP contribution in [0.1, 0.15) is 51.9 Å². The van der Waals surface area contributed by atoms with E-state index < -0.39 is 0 Å². The fourth-order valence-corrected chi connectivity index (χ4v) is 2.16. The van der Waals surface area contributed by atoms with Gasteiger partial charge in [0, 0.05) is 13.2 Å². The predicted octanol–water partition coefficient (Wildman–Crippen LogP) is 2.44. The van der Waals surface area contributed by atoms with Crippen LogP contribution in [0, 0.1) is 0 Å². The minimum absolute atomic E-state index is 0.0997. The zero-order valence-electron chi connectivity index (χ0n) is 11.7. The Morgan fingerprint density at radius 2 is 2.17 bits per heavy atom. The van der Waals surface area contributed by atoms with Crippen LogP contribution in [0.25, 0.3) is 0 Å². The number of hydrogen-bond acceptors (Lipinski definition) is 4. The molecule has 0 aliphatic heterocycles. The molecule has 0 radical (unpaired) electrons. The van der Waals surface area contributed by atoms with Crippen molar-refractivity contribution in [3.8, 4) is 0 Å². The molecule has 104 valence electrons. The van der Waals surface area contributed by atoms with E-state index in [0.717, 1.165) is 5.69 Å². The van der Waals surface area contributed by atoms with Crippen LogP contribution in [0.5, 0.6) is 0 Å². The maximum absolute atomic E-state index is 6.21. The van der Waals surface area contributed by atoms with Gasteiger partial charge in [0.05, 0.1) is 28.6 Å². The number of rotatable bonds is 6. The van der Waals surface area contributed by atoms with Crippen LogP contribution in [0.4, 0.5) is 0 Å². The molecule has 6 heteroatoms. The van der Waals surface area contributed by atoms with E-state index in [2.05, 4.69) is 24.4 Å². The molecule has 0 saturated carbocycles. The molecule has 1 unspecified atom stereocenters. The van der Waals surface area contributed by atoms with Gasteiger partial charge in [-0.15, -0.1) is 0 Å². The van der Waals surface area contributed by atoms with Crippen molar-refractivity contribution < 1.29 is 4.74 Å². The highest BCUT2D eigenvalue weighted by atomic mass is 35.5. The molecular weight excluding hydrogens is 252 g/mol. The largest absolute Gasteiger partial charge is 0.379 e. The molecule has 0 aliphatic rings. The molecule has 1 aromatic heterocycles. The quantitative estimate of drug-likeness (QED) is 0.618. The zero-order valence-corrected chi connectivity index (χ0v) is 12.5. The summed E-state index contributed by atoms with van der Waals surface area (Å²) in [7, 11) is 1.69. The summed E-state index contributed by atoms with van der Waals surface area (Å²) in [4.78, 5) is 0. The molecule has 0 aliphatic carbocycles. The Morgan fingerprint density at radius 3 is 2.61 bits per heavy atom. The fourth-order valence-electron chi connectivity index (χ4n) is 1.90. The third kappa shape index (κ3) is 3.45. The monoisotopic (exact) mass is 274 g/mol. The van der Waals surface area contributed by atoms with Gasteiger partial charge in [0.2, 0.25) is 0 Å². The summed E-state index contributed by atoms with van der Waals surface area (Å²) in [5.41, 5.74) is 3.42. The van der Waals surface area contributed by atoms with Gasteiger partial charge in [-0.05, 0) is 34.1 Å². The Kier molecular flexibility index (Phi) is 5.16. The molecule has 0 saturated heterocycles. The molecule has 3 N–H and O–H groups in total. The summed E-state index contributed by atoms with van der Waals surface area (Å²) in [6, 6.07) is 0.131. The van der Waals surface area contributed by atoms with E-state index in [-0.39, 0.29) is 17.7 Å².